The fourth-order valence-corrected chi connectivity index (χ4v) is 2.52. The van der Waals surface area contributed by atoms with E-state index >= 15 is 0 Å². The van der Waals surface area contributed by atoms with E-state index < -0.39 is 6.03 Å². The third-order valence-corrected chi connectivity index (χ3v) is 3.84. The molecule has 0 unspecified atom stereocenters. The summed E-state index contributed by atoms with van der Waals surface area (Å²) in [7, 11) is 0. The molecule has 6 heteroatoms. The number of aromatic nitrogens is 2. The van der Waals surface area contributed by atoms with Crippen LogP contribution in [0.4, 0.5) is 10.5 Å². The standard InChI is InChI=1S/C18H18N4O2/c1-11-3-4-15-14(9-11)17(23)16(10-20-15)22-18(24)21-12(2)13-5-7-19-8-6-13/h3-10,12H,1-2H3,(H,20,23)(H2,21,22,24)/t12-/m1/s1. The Morgan fingerprint density at radius 3 is 2.71 bits per heavy atom. The van der Waals surface area contributed by atoms with Gasteiger partial charge in [0.2, 0.25) is 5.43 Å². The van der Waals surface area contributed by atoms with Crippen molar-refractivity contribution in [3.8, 4) is 0 Å². The van der Waals surface area contributed by atoms with Crippen LogP contribution >= 0.6 is 0 Å². The van der Waals surface area contributed by atoms with E-state index in [2.05, 4.69) is 20.6 Å². The van der Waals surface area contributed by atoms with Gasteiger partial charge >= 0.3 is 6.03 Å². The average molecular weight is 322 g/mol. The second-order valence-electron chi connectivity index (χ2n) is 5.68. The number of rotatable bonds is 3. The fourth-order valence-electron chi connectivity index (χ4n) is 2.52. The van der Waals surface area contributed by atoms with Gasteiger partial charge in [-0.15, -0.1) is 0 Å². The van der Waals surface area contributed by atoms with Gasteiger partial charge < -0.3 is 15.6 Å². The maximum absolute atomic E-state index is 12.5. The van der Waals surface area contributed by atoms with Crippen molar-refractivity contribution in [3.63, 3.8) is 0 Å². The summed E-state index contributed by atoms with van der Waals surface area (Å²) in [4.78, 5) is 31.6. The Morgan fingerprint density at radius 2 is 1.96 bits per heavy atom. The Labute approximate surface area is 138 Å². The number of amides is 2. The predicted molar refractivity (Wildman–Crippen MR) is 94.1 cm³/mol. The molecule has 0 fully saturated rings. The number of hydrogen-bond donors (Lipinski definition) is 3. The second-order valence-corrected chi connectivity index (χ2v) is 5.68. The molecule has 0 saturated carbocycles. The summed E-state index contributed by atoms with van der Waals surface area (Å²) < 4.78 is 0. The summed E-state index contributed by atoms with van der Waals surface area (Å²) in [5, 5.41) is 5.96. The number of urea groups is 1. The molecule has 0 saturated heterocycles. The lowest BCUT2D eigenvalue weighted by molar-refractivity contribution is 0.249. The van der Waals surface area contributed by atoms with Crippen LogP contribution < -0.4 is 16.1 Å². The largest absolute Gasteiger partial charge is 0.359 e. The van der Waals surface area contributed by atoms with E-state index in [1.165, 1.54) is 6.20 Å². The molecule has 122 valence electrons. The highest BCUT2D eigenvalue weighted by molar-refractivity contribution is 5.92. The SMILES string of the molecule is Cc1ccc2[nH]cc(NC(=O)N[C@H](C)c3ccncc3)c(=O)c2c1. The zero-order valence-electron chi connectivity index (χ0n) is 13.5. The summed E-state index contributed by atoms with van der Waals surface area (Å²) in [6, 6.07) is 8.60. The van der Waals surface area contributed by atoms with E-state index in [9.17, 15) is 9.59 Å². The van der Waals surface area contributed by atoms with Crippen molar-refractivity contribution in [1.29, 1.82) is 0 Å². The van der Waals surface area contributed by atoms with Gasteiger partial charge in [0, 0.05) is 29.5 Å². The van der Waals surface area contributed by atoms with Crippen molar-refractivity contribution >= 4 is 22.6 Å². The van der Waals surface area contributed by atoms with Gasteiger partial charge in [-0.3, -0.25) is 9.78 Å². The smallest absolute Gasteiger partial charge is 0.319 e. The lowest BCUT2D eigenvalue weighted by Crippen LogP contribution is -2.32. The molecule has 2 heterocycles. The summed E-state index contributed by atoms with van der Waals surface area (Å²) in [5.74, 6) is 0. The van der Waals surface area contributed by atoms with Crippen LogP contribution in [0.15, 0.2) is 53.7 Å². The van der Waals surface area contributed by atoms with Crippen LogP contribution in [0.2, 0.25) is 0 Å². The first-order valence-corrected chi connectivity index (χ1v) is 7.64. The minimum atomic E-state index is -0.434. The maximum atomic E-state index is 12.5. The Kier molecular flexibility index (Phi) is 4.29. The normalized spacial score (nSPS) is 11.9. The minimum absolute atomic E-state index is 0.199. The molecular weight excluding hydrogens is 304 g/mol. The summed E-state index contributed by atoms with van der Waals surface area (Å²) in [6.45, 7) is 3.78. The van der Waals surface area contributed by atoms with Crippen LogP contribution in [0.3, 0.4) is 0 Å². The predicted octanol–water partition coefficient (Wildman–Crippen LogP) is 3.11. The molecule has 2 amide bonds. The van der Waals surface area contributed by atoms with Crippen LogP contribution in [0.5, 0.6) is 0 Å². The molecule has 1 aromatic carbocycles. The fraction of sp³-hybridized carbons (Fsp3) is 0.167. The third kappa shape index (κ3) is 3.27. The Morgan fingerprint density at radius 1 is 1.21 bits per heavy atom. The van der Waals surface area contributed by atoms with Gasteiger partial charge in [0.15, 0.2) is 0 Å². The van der Waals surface area contributed by atoms with Crippen molar-refractivity contribution in [2.75, 3.05) is 5.32 Å². The van der Waals surface area contributed by atoms with Gasteiger partial charge in [-0.2, -0.15) is 0 Å². The number of H-pyrrole nitrogens is 1. The van der Waals surface area contributed by atoms with Crippen LogP contribution in [0.25, 0.3) is 10.9 Å². The molecular formula is C18H18N4O2. The minimum Gasteiger partial charge on any atom is -0.359 e. The van der Waals surface area contributed by atoms with Gasteiger partial charge in [-0.1, -0.05) is 11.6 Å². The Hall–Kier alpha value is -3.15. The number of pyridine rings is 2. The molecule has 0 spiro atoms. The molecule has 0 radical (unpaired) electrons. The van der Waals surface area contributed by atoms with E-state index in [1.54, 1.807) is 18.5 Å². The first-order valence-electron chi connectivity index (χ1n) is 7.64. The highest BCUT2D eigenvalue weighted by atomic mass is 16.2. The molecule has 2 aromatic heterocycles. The number of carbonyl (C=O) groups excluding carboxylic acids is 1. The van der Waals surface area contributed by atoms with Crippen molar-refractivity contribution < 1.29 is 4.79 Å². The van der Waals surface area contributed by atoms with Gasteiger partial charge in [-0.05, 0) is 43.7 Å². The number of nitrogens with one attached hydrogen (secondary N) is 3. The van der Waals surface area contributed by atoms with Gasteiger partial charge in [-0.25, -0.2) is 4.79 Å². The van der Waals surface area contributed by atoms with Crippen molar-refractivity contribution in [3.05, 3.63) is 70.3 Å². The van der Waals surface area contributed by atoms with E-state index in [0.717, 1.165) is 16.6 Å². The molecule has 1 atom stereocenters. The number of carbonyl (C=O) groups is 1. The Balaban J connectivity index is 1.78. The van der Waals surface area contributed by atoms with Crippen molar-refractivity contribution in [2.45, 2.75) is 19.9 Å². The molecule has 3 rings (SSSR count). The van der Waals surface area contributed by atoms with Gasteiger partial charge in [0.05, 0.1) is 6.04 Å². The second kappa shape index (κ2) is 6.54. The summed E-state index contributed by atoms with van der Waals surface area (Å²) >= 11 is 0. The molecule has 0 aliphatic rings. The molecule has 24 heavy (non-hydrogen) atoms. The topological polar surface area (TPSA) is 86.9 Å². The highest BCUT2D eigenvalue weighted by Crippen LogP contribution is 2.13. The number of anilines is 1. The zero-order valence-corrected chi connectivity index (χ0v) is 13.5. The zero-order chi connectivity index (χ0) is 17.1. The van der Waals surface area contributed by atoms with E-state index in [4.69, 9.17) is 0 Å². The summed E-state index contributed by atoms with van der Waals surface area (Å²) in [5.41, 5.74) is 2.66. The quantitative estimate of drug-likeness (QED) is 0.692. The monoisotopic (exact) mass is 322 g/mol. The number of aromatic amines is 1. The molecule has 0 aliphatic heterocycles. The van der Waals surface area contributed by atoms with E-state index in [-0.39, 0.29) is 17.2 Å². The number of fused-ring (bicyclic) bond motifs is 1. The lowest BCUT2D eigenvalue weighted by atomic mass is 10.1. The lowest BCUT2D eigenvalue weighted by Gasteiger charge is -2.14. The first kappa shape index (κ1) is 15.7. The number of nitrogens with zero attached hydrogens (tertiary/aromatic N) is 1. The molecule has 3 N–H and O–H groups in total. The van der Waals surface area contributed by atoms with Gasteiger partial charge in [0.1, 0.15) is 5.69 Å². The van der Waals surface area contributed by atoms with E-state index in [1.807, 2.05) is 38.1 Å². The van der Waals surface area contributed by atoms with E-state index in [0.29, 0.717) is 5.39 Å². The van der Waals surface area contributed by atoms with Crippen LogP contribution in [0.1, 0.15) is 24.1 Å². The van der Waals surface area contributed by atoms with Gasteiger partial charge in [0.25, 0.3) is 0 Å². The summed E-state index contributed by atoms with van der Waals surface area (Å²) in [6.07, 6.45) is 4.85. The third-order valence-electron chi connectivity index (χ3n) is 3.84. The first-order chi connectivity index (χ1) is 11.5. The van der Waals surface area contributed by atoms with Crippen LogP contribution in [-0.2, 0) is 0 Å². The molecule has 3 aromatic rings. The van der Waals surface area contributed by atoms with Crippen molar-refractivity contribution in [1.82, 2.24) is 15.3 Å². The molecule has 0 aliphatic carbocycles. The van der Waals surface area contributed by atoms with Crippen LogP contribution in [0, 0.1) is 6.92 Å². The Bertz CT molecular complexity index is 935. The molecule has 6 nitrogen and oxygen atoms in total. The maximum Gasteiger partial charge on any atom is 0.319 e. The van der Waals surface area contributed by atoms with Crippen molar-refractivity contribution in [2.24, 2.45) is 0 Å². The number of benzene rings is 1. The average Bonchev–Trinajstić information content (AvgIpc) is 2.58. The molecule has 0 bridgehead atoms. The number of hydrogen-bond acceptors (Lipinski definition) is 3. The highest BCUT2D eigenvalue weighted by Gasteiger charge is 2.12. The van der Waals surface area contributed by atoms with Crippen LogP contribution in [-0.4, -0.2) is 16.0 Å². The number of aryl methyl sites for hydroxylation is 1.